The monoisotopic (exact) mass is 278 g/mol. The third-order valence-electron chi connectivity index (χ3n) is 3.78. The number of hydrogen-bond donors (Lipinski definition) is 1. The first-order valence-corrected chi connectivity index (χ1v) is 7.24. The molecule has 6 heteroatoms. The molecule has 6 nitrogen and oxygen atoms in total. The van der Waals surface area contributed by atoms with E-state index >= 15 is 0 Å². The standard InChI is InChI=1S/C14H22N4O2/c1-3-11(4-2)18-13(19)10-12(14(18)20)15-7-9-17-8-5-6-16-17/h5-6,8,11-12,15H,3-4,7,9-10H2,1-2H3. The molecule has 20 heavy (non-hydrogen) atoms. The Morgan fingerprint density at radius 3 is 2.75 bits per heavy atom. The average molecular weight is 278 g/mol. The van der Waals surface area contributed by atoms with Gasteiger partial charge in [-0.15, -0.1) is 0 Å². The molecule has 1 aromatic rings. The fourth-order valence-corrected chi connectivity index (χ4v) is 2.63. The quantitative estimate of drug-likeness (QED) is 0.749. The Morgan fingerprint density at radius 2 is 2.15 bits per heavy atom. The van der Waals surface area contributed by atoms with Gasteiger partial charge in [-0.2, -0.15) is 5.10 Å². The van der Waals surface area contributed by atoms with E-state index in [1.165, 1.54) is 4.90 Å². The highest BCUT2D eigenvalue weighted by Crippen LogP contribution is 2.19. The van der Waals surface area contributed by atoms with E-state index in [-0.39, 0.29) is 30.3 Å². The molecule has 110 valence electrons. The van der Waals surface area contributed by atoms with Crippen LogP contribution in [-0.4, -0.2) is 45.1 Å². The minimum absolute atomic E-state index is 0.0351. The molecule has 0 spiro atoms. The van der Waals surface area contributed by atoms with Crippen molar-refractivity contribution in [2.45, 2.75) is 51.7 Å². The number of rotatable bonds is 7. The van der Waals surface area contributed by atoms with E-state index < -0.39 is 0 Å². The van der Waals surface area contributed by atoms with E-state index in [0.29, 0.717) is 13.1 Å². The predicted molar refractivity (Wildman–Crippen MR) is 74.9 cm³/mol. The Kier molecular flexibility index (Phi) is 4.89. The molecule has 0 aromatic carbocycles. The van der Waals surface area contributed by atoms with Gasteiger partial charge in [-0.25, -0.2) is 0 Å². The van der Waals surface area contributed by atoms with Crippen molar-refractivity contribution in [3.8, 4) is 0 Å². The fraction of sp³-hybridized carbons (Fsp3) is 0.643. The normalized spacial score (nSPS) is 19.4. The lowest BCUT2D eigenvalue weighted by Gasteiger charge is -2.24. The fourth-order valence-electron chi connectivity index (χ4n) is 2.63. The van der Waals surface area contributed by atoms with Gasteiger partial charge in [-0.3, -0.25) is 19.2 Å². The molecule has 0 saturated carbocycles. The highest BCUT2D eigenvalue weighted by atomic mass is 16.2. The summed E-state index contributed by atoms with van der Waals surface area (Å²) in [7, 11) is 0. The number of aromatic nitrogens is 2. The highest BCUT2D eigenvalue weighted by Gasteiger charge is 2.40. The predicted octanol–water partition coefficient (Wildman–Crippen LogP) is 0.789. The number of hydrogen-bond acceptors (Lipinski definition) is 4. The summed E-state index contributed by atoms with van der Waals surface area (Å²) in [5, 5.41) is 7.26. The third kappa shape index (κ3) is 3.07. The number of amides is 2. The summed E-state index contributed by atoms with van der Waals surface area (Å²) in [5.74, 6) is -0.135. The molecule has 1 aliphatic heterocycles. The Bertz CT molecular complexity index is 454. The molecule has 0 aliphatic carbocycles. The van der Waals surface area contributed by atoms with Gasteiger partial charge in [0.05, 0.1) is 19.0 Å². The van der Waals surface area contributed by atoms with E-state index in [1.807, 2.05) is 26.1 Å². The molecule has 1 saturated heterocycles. The second-order valence-corrected chi connectivity index (χ2v) is 5.05. The van der Waals surface area contributed by atoms with Crippen molar-refractivity contribution in [1.29, 1.82) is 0 Å². The first-order valence-electron chi connectivity index (χ1n) is 7.24. The largest absolute Gasteiger partial charge is 0.304 e. The third-order valence-corrected chi connectivity index (χ3v) is 3.78. The maximum absolute atomic E-state index is 12.3. The van der Waals surface area contributed by atoms with Gasteiger partial charge in [0.25, 0.3) is 0 Å². The van der Waals surface area contributed by atoms with Crippen molar-refractivity contribution in [3.05, 3.63) is 18.5 Å². The van der Waals surface area contributed by atoms with E-state index in [1.54, 1.807) is 10.9 Å². The highest BCUT2D eigenvalue weighted by molar-refractivity contribution is 6.05. The molecule has 0 bridgehead atoms. The summed E-state index contributed by atoms with van der Waals surface area (Å²) in [4.78, 5) is 25.7. The van der Waals surface area contributed by atoms with Gasteiger partial charge in [0, 0.05) is 25.0 Å². The first kappa shape index (κ1) is 14.7. The zero-order valence-electron chi connectivity index (χ0n) is 12.1. The van der Waals surface area contributed by atoms with Gasteiger partial charge in [-0.05, 0) is 18.9 Å². The SMILES string of the molecule is CCC(CC)N1C(=O)CC(NCCn2cccn2)C1=O. The van der Waals surface area contributed by atoms with Gasteiger partial charge in [0.1, 0.15) is 0 Å². The molecule has 2 amide bonds. The van der Waals surface area contributed by atoms with Crippen LogP contribution >= 0.6 is 0 Å². The molecule has 2 rings (SSSR count). The Labute approximate surface area is 119 Å². The maximum atomic E-state index is 12.3. The van der Waals surface area contributed by atoms with Crippen molar-refractivity contribution < 1.29 is 9.59 Å². The van der Waals surface area contributed by atoms with Gasteiger partial charge in [0.2, 0.25) is 11.8 Å². The maximum Gasteiger partial charge on any atom is 0.247 e. The summed E-state index contributed by atoms with van der Waals surface area (Å²) in [5.41, 5.74) is 0. The number of carbonyl (C=O) groups excluding carboxylic acids is 2. The lowest BCUT2D eigenvalue weighted by Crippen LogP contribution is -2.44. The van der Waals surface area contributed by atoms with Gasteiger partial charge >= 0.3 is 0 Å². The molecule has 0 radical (unpaired) electrons. The van der Waals surface area contributed by atoms with E-state index in [9.17, 15) is 9.59 Å². The van der Waals surface area contributed by atoms with Gasteiger partial charge < -0.3 is 5.32 Å². The van der Waals surface area contributed by atoms with Crippen LogP contribution in [0.4, 0.5) is 0 Å². The molecule has 1 fully saturated rings. The smallest absolute Gasteiger partial charge is 0.247 e. The molecule has 1 aromatic heterocycles. The summed E-state index contributed by atoms with van der Waals surface area (Å²) < 4.78 is 1.80. The molecular weight excluding hydrogens is 256 g/mol. The first-order chi connectivity index (χ1) is 9.67. The second-order valence-electron chi connectivity index (χ2n) is 5.05. The second kappa shape index (κ2) is 6.65. The number of likely N-dealkylation sites (tertiary alicyclic amines) is 1. The van der Waals surface area contributed by atoms with Crippen LogP contribution in [0.3, 0.4) is 0 Å². The molecule has 1 atom stereocenters. The Morgan fingerprint density at radius 1 is 1.40 bits per heavy atom. The van der Waals surface area contributed by atoms with Crippen molar-refractivity contribution in [2.24, 2.45) is 0 Å². The molecule has 2 heterocycles. The average Bonchev–Trinajstić information content (AvgIpc) is 3.04. The van der Waals surface area contributed by atoms with Crippen LogP contribution in [0, 0.1) is 0 Å². The molecular formula is C14H22N4O2. The summed E-state index contributed by atoms with van der Waals surface area (Å²) in [6, 6.07) is 1.52. The zero-order chi connectivity index (χ0) is 14.5. The summed E-state index contributed by atoms with van der Waals surface area (Å²) in [6.07, 6.45) is 5.50. The van der Waals surface area contributed by atoms with Crippen molar-refractivity contribution >= 4 is 11.8 Å². The Hall–Kier alpha value is -1.69. The number of nitrogens with one attached hydrogen (secondary N) is 1. The van der Waals surface area contributed by atoms with Crippen molar-refractivity contribution in [1.82, 2.24) is 20.0 Å². The van der Waals surface area contributed by atoms with Crippen molar-refractivity contribution in [3.63, 3.8) is 0 Å². The van der Waals surface area contributed by atoms with Crippen LogP contribution in [0.2, 0.25) is 0 Å². The minimum Gasteiger partial charge on any atom is -0.304 e. The van der Waals surface area contributed by atoms with Crippen LogP contribution in [-0.2, 0) is 16.1 Å². The van der Waals surface area contributed by atoms with Crippen LogP contribution in [0.5, 0.6) is 0 Å². The lowest BCUT2D eigenvalue weighted by molar-refractivity contribution is -0.141. The molecule has 1 N–H and O–H groups in total. The topological polar surface area (TPSA) is 67.2 Å². The van der Waals surface area contributed by atoms with Crippen LogP contribution in [0.25, 0.3) is 0 Å². The summed E-state index contributed by atoms with van der Waals surface area (Å²) >= 11 is 0. The number of nitrogens with zero attached hydrogens (tertiary/aromatic N) is 3. The van der Waals surface area contributed by atoms with Gasteiger partial charge in [-0.1, -0.05) is 13.8 Å². The number of imide groups is 1. The van der Waals surface area contributed by atoms with Crippen molar-refractivity contribution in [2.75, 3.05) is 6.54 Å². The van der Waals surface area contributed by atoms with E-state index in [0.717, 1.165) is 12.8 Å². The van der Waals surface area contributed by atoms with Gasteiger partial charge in [0.15, 0.2) is 0 Å². The van der Waals surface area contributed by atoms with E-state index in [2.05, 4.69) is 10.4 Å². The Balaban J connectivity index is 1.87. The van der Waals surface area contributed by atoms with Crippen LogP contribution < -0.4 is 5.32 Å². The molecule has 1 unspecified atom stereocenters. The summed E-state index contributed by atoms with van der Waals surface area (Å²) in [6.45, 7) is 5.33. The minimum atomic E-state index is -0.376. The number of carbonyl (C=O) groups is 2. The molecule has 1 aliphatic rings. The van der Waals surface area contributed by atoms with E-state index in [4.69, 9.17) is 0 Å². The van der Waals surface area contributed by atoms with Crippen LogP contribution in [0.15, 0.2) is 18.5 Å². The lowest BCUT2D eigenvalue weighted by atomic mass is 10.1. The zero-order valence-corrected chi connectivity index (χ0v) is 12.1. The van der Waals surface area contributed by atoms with Crippen LogP contribution in [0.1, 0.15) is 33.1 Å².